The third-order valence-electron chi connectivity index (χ3n) is 4.27. The zero-order chi connectivity index (χ0) is 17.4. The molecule has 1 aromatic rings. The van der Waals surface area contributed by atoms with E-state index >= 15 is 0 Å². The molecule has 0 unspecified atom stereocenters. The summed E-state index contributed by atoms with van der Waals surface area (Å²) in [6.07, 6.45) is 0.489. The third kappa shape index (κ3) is 3.23. The summed E-state index contributed by atoms with van der Waals surface area (Å²) in [5, 5.41) is 18.2. The van der Waals surface area contributed by atoms with E-state index in [2.05, 4.69) is 0 Å². The Balaban J connectivity index is 2.38. The van der Waals surface area contributed by atoms with E-state index in [1.807, 2.05) is 0 Å². The van der Waals surface area contributed by atoms with Gasteiger partial charge in [-0.15, -0.1) is 0 Å². The lowest BCUT2D eigenvalue weighted by Crippen LogP contribution is -2.46. The Bertz CT molecular complexity index is 742. The number of carboxylic acids is 2. The fraction of sp³-hybridized carbons (Fsp3) is 0.467. The molecule has 2 atom stereocenters. The van der Waals surface area contributed by atoms with Gasteiger partial charge in [-0.25, -0.2) is 13.2 Å². The minimum atomic E-state index is -3.87. The van der Waals surface area contributed by atoms with Crippen LogP contribution in [0.1, 0.15) is 35.7 Å². The van der Waals surface area contributed by atoms with Crippen LogP contribution in [0.2, 0.25) is 0 Å². The summed E-state index contributed by atoms with van der Waals surface area (Å²) in [7, 11) is -3.87. The molecule has 1 saturated heterocycles. The molecule has 7 nitrogen and oxygen atoms in total. The smallest absolute Gasteiger partial charge is 0.335 e. The number of piperidine rings is 1. The molecule has 2 rings (SSSR count). The Morgan fingerprint density at radius 3 is 2.43 bits per heavy atom. The maximum absolute atomic E-state index is 12.9. The highest BCUT2D eigenvalue weighted by Crippen LogP contribution is 2.30. The normalized spacial score (nSPS) is 22.7. The van der Waals surface area contributed by atoms with E-state index in [9.17, 15) is 18.0 Å². The number of rotatable bonds is 4. The lowest BCUT2D eigenvalue weighted by Gasteiger charge is -2.35. The van der Waals surface area contributed by atoms with Gasteiger partial charge < -0.3 is 10.2 Å². The first-order chi connectivity index (χ1) is 10.7. The van der Waals surface area contributed by atoms with Gasteiger partial charge in [-0.2, -0.15) is 4.31 Å². The molecule has 1 aromatic carbocycles. The van der Waals surface area contributed by atoms with Crippen LogP contribution in [0.5, 0.6) is 0 Å². The molecule has 1 heterocycles. The monoisotopic (exact) mass is 341 g/mol. The number of sulfonamides is 1. The quantitative estimate of drug-likeness (QED) is 0.859. The Morgan fingerprint density at radius 2 is 1.91 bits per heavy atom. The number of carboxylic acid groups (broad SMARTS) is 2. The zero-order valence-electron chi connectivity index (χ0n) is 12.9. The lowest BCUT2D eigenvalue weighted by molar-refractivity contribution is -0.143. The van der Waals surface area contributed by atoms with Crippen molar-refractivity contribution in [3.63, 3.8) is 0 Å². The molecule has 0 bridgehead atoms. The van der Waals surface area contributed by atoms with Gasteiger partial charge in [0.2, 0.25) is 10.0 Å². The van der Waals surface area contributed by atoms with Crippen LogP contribution in [0.15, 0.2) is 23.1 Å². The van der Waals surface area contributed by atoms with E-state index in [-0.39, 0.29) is 35.4 Å². The minimum Gasteiger partial charge on any atom is -0.481 e. The van der Waals surface area contributed by atoms with Gasteiger partial charge in [0.05, 0.1) is 16.4 Å². The fourth-order valence-corrected chi connectivity index (χ4v) is 4.89. The van der Waals surface area contributed by atoms with Gasteiger partial charge in [-0.05, 0) is 44.4 Å². The first-order valence-corrected chi connectivity index (χ1v) is 8.67. The minimum absolute atomic E-state index is 0.0435. The van der Waals surface area contributed by atoms with Gasteiger partial charge >= 0.3 is 11.9 Å². The van der Waals surface area contributed by atoms with E-state index in [0.29, 0.717) is 0 Å². The van der Waals surface area contributed by atoms with Crippen LogP contribution in [-0.2, 0) is 14.8 Å². The van der Waals surface area contributed by atoms with Gasteiger partial charge in [0, 0.05) is 12.6 Å². The number of carbonyl (C=O) groups is 2. The maximum Gasteiger partial charge on any atom is 0.335 e. The van der Waals surface area contributed by atoms with Crippen LogP contribution >= 0.6 is 0 Å². The van der Waals surface area contributed by atoms with E-state index in [1.54, 1.807) is 6.92 Å². The predicted molar refractivity (Wildman–Crippen MR) is 81.9 cm³/mol. The van der Waals surface area contributed by atoms with Crippen LogP contribution < -0.4 is 0 Å². The standard InChI is InChI=1S/C15H19NO6S/c1-9-8-11(14(17)18)6-7-16(9)23(21,22)13-5-3-4-12(10(13)2)15(19)20/h3-5,9,11H,6-8H2,1-2H3,(H,17,18)(H,19,20)/t9-,11-/m1/s1. The second-order valence-corrected chi connectivity index (χ2v) is 7.62. The van der Waals surface area contributed by atoms with Gasteiger partial charge in [-0.3, -0.25) is 4.79 Å². The molecule has 0 saturated carbocycles. The van der Waals surface area contributed by atoms with Crippen LogP contribution in [0.4, 0.5) is 0 Å². The zero-order valence-corrected chi connectivity index (χ0v) is 13.7. The summed E-state index contributed by atoms with van der Waals surface area (Å²) >= 11 is 0. The number of hydrogen-bond donors (Lipinski definition) is 2. The van der Waals surface area contributed by atoms with Crippen molar-refractivity contribution < 1.29 is 28.2 Å². The van der Waals surface area contributed by atoms with Gasteiger partial charge in [-0.1, -0.05) is 6.07 Å². The van der Waals surface area contributed by atoms with Crippen LogP contribution in [-0.4, -0.2) is 47.5 Å². The SMILES string of the molecule is Cc1c(C(=O)O)cccc1S(=O)(=O)N1CC[C@@H](C(=O)O)C[C@H]1C. The number of aliphatic carboxylic acids is 1. The van der Waals surface area contributed by atoms with Crippen LogP contribution in [0.3, 0.4) is 0 Å². The Labute approximate surface area is 134 Å². The van der Waals surface area contributed by atoms with E-state index in [1.165, 1.54) is 29.4 Å². The Hall–Kier alpha value is -1.93. The van der Waals surface area contributed by atoms with Crippen molar-refractivity contribution in [1.82, 2.24) is 4.31 Å². The second-order valence-electron chi connectivity index (χ2n) is 5.76. The summed E-state index contributed by atoms with van der Waals surface area (Å²) in [6.45, 7) is 3.24. The molecular weight excluding hydrogens is 322 g/mol. The molecule has 0 aromatic heterocycles. The van der Waals surface area contributed by atoms with Crippen LogP contribution in [0.25, 0.3) is 0 Å². The topological polar surface area (TPSA) is 112 Å². The van der Waals surface area contributed by atoms with Crippen molar-refractivity contribution in [2.24, 2.45) is 5.92 Å². The van der Waals surface area contributed by atoms with Crippen molar-refractivity contribution in [2.45, 2.75) is 37.6 Å². The highest BCUT2D eigenvalue weighted by atomic mass is 32.2. The number of nitrogens with zero attached hydrogens (tertiary/aromatic N) is 1. The van der Waals surface area contributed by atoms with E-state index in [4.69, 9.17) is 10.2 Å². The van der Waals surface area contributed by atoms with Gasteiger partial charge in [0.1, 0.15) is 0 Å². The largest absolute Gasteiger partial charge is 0.481 e. The second kappa shape index (κ2) is 6.29. The van der Waals surface area contributed by atoms with Crippen molar-refractivity contribution in [3.05, 3.63) is 29.3 Å². The molecule has 0 radical (unpaired) electrons. The molecule has 1 fully saturated rings. The van der Waals surface area contributed by atoms with Gasteiger partial charge in [0.15, 0.2) is 0 Å². The predicted octanol–water partition coefficient (Wildman–Crippen LogP) is 1.57. The summed E-state index contributed by atoms with van der Waals surface area (Å²) in [5.74, 6) is -2.65. The number of hydrogen-bond acceptors (Lipinski definition) is 4. The Kier molecular flexibility index (Phi) is 4.76. The molecule has 0 amide bonds. The molecule has 1 aliphatic rings. The van der Waals surface area contributed by atoms with Crippen LogP contribution in [0, 0.1) is 12.8 Å². The number of aromatic carboxylic acids is 1. The highest BCUT2D eigenvalue weighted by Gasteiger charge is 2.37. The van der Waals surface area contributed by atoms with Gasteiger partial charge in [0.25, 0.3) is 0 Å². The first kappa shape index (κ1) is 17.4. The molecule has 8 heteroatoms. The molecule has 23 heavy (non-hydrogen) atoms. The molecule has 0 spiro atoms. The van der Waals surface area contributed by atoms with Crippen molar-refractivity contribution in [2.75, 3.05) is 6.54 Å². The van der Waals surface area contributed by atoms with Crippen molar-refractivity contribution in [1.29, 1.82) is 0 Å². The molecular formula is C15H19NO6S. The van der Waals surface area contributed by atoms with Crippen molar-refractivity contribution >= 4 is 22.0 Å². The summed E-state index contributed by atoms with van der Waals surface area (Å²) in [4.78, 5) is 22.2. The average Bonchev–Trinajstić information content (AvgIpc) is 2.46. The fourth-order valence-electron chi connectivity index (χ4n) is 2.98. The van der Waals surface area contributed by atoms with E-state index in [0.717, 1.165) is 0 Å². The highest BCUT2D eigenvalue weighted by molar-refractivity contribution is 7.89. The Morgan fingerprint density at radius 1 is 1.26 bits per heavy atom. The summed E-state index contributed by atoms with van der Waals surface area (Å²) in [6, 6.07) is 3.68. The number of benzene rings is 1. The van der Waals surface area contributed by atoms with E-state index < -0.39 is 33.9 Å². The summed E-state index contributed by atoms with van der Waals surface area (Å²) in [5.41, 5.74) is 0.131. The molecule has 1 aliphatic heterocycles. The molecule has 2 N–H and O–H groups in total. The van der Waals surface area contributed by atoms with Crippen molar-refractivity contribution in [3.8, 4) is 0 Å². The first-order valence-electron chi connectivity index (χ1n) is 7.23. The summed E-state index contributed by atoms with van der Waals surface area (Å²) < 4.78 is 27.0. The average molecular weight is 341 g/mol. The molecule has 0 aliphatic carbocycles. The molecule has 126 valence electrons. The maximum atomic E-state index is 12.9. The third-order valence-corrected chi connectivity index (χ3v) is 6.42. The lowest BCUT2D eigenvalue weighted by atomic mass is 9.93.